The number of benzene rings is 1. The predicted octanol–water partition coefficient (Wildman–Crippen LogP) is 3.13. The molecular formula is C12H11N3OS. The zero-order valence-corrected chi connectivity index (χ0v) is 10.3. The molecule has 1 heterocycles. The number of hydrogen-bond acceptors (Lipinski definition) is 4. The van der Waals surface area contributed by atoms with Gasteiger partial charge in [-0.25, -0.2) is 0 Å². The molecule has 0 saturated carbocycles. The van der Waals surface area contributed by atoms with Crippen molar-refractivity contribution < 1.29 is 4.74 Å². The van der Waals surface area contributed by atoms with Crippen molar-refractivity contribution in [3.8, 4) is 17.0 Å². The van der Waals surface area contributed by atoms with E-state index < -0.39 is 0 Å². The SMILES string of the molecule is COc1cc(N=C=S)ccc1-c1cc(C)[nH]n1. The molecule has 0 unspecified atom stereocenters. The Morgan fingerprint density at radius 3 is 2.82 bits per heavy atom. The van der Waals surface area contributed by atoms with Crippen LogP contribution in [0.5, 0.6) is 5.75 Å². The molecule has 0 aliphatic carbocycles. The summed E-state index contributed by atoms with van der Waals surface area (Å²) in [4.78, 5) is 3.91. The molecule has 2 rings (SSSR count). The van der Waals surface area contributed by atoms with Gasteiger partial charge >= 0.3 is 0 Å². The third-order valence-corrected chi connectivity index (χ3v) is 2.43. The smallest absolute Gasteiger partial charge is 0.130 e. The third-order valence-electron chi connectivity index (χ3n) is 2.34. The van der Waals surface area contributed by atoms with Crippen LogP contribution in [0.4, 0.5) is 5.69 Å². The van der Waals surface area contributed by atoms with Gasteiger partial charge in [0.25, 0.3) is 0 Å². The maximum atomic E-state index is 5.32. The van der Waals surface area contributed by atoms with E-state index in [1.54, 1.807) is 13.2 Å². The summed E-state index contributed by atoms with van der Waals surface area (Å²) in [5.41, 5.74) is 3.48. The lowest BCUT2D eigenvalue weighted by atomic mass is 10.1. The topological polar surface area (TPSA) is 50.3 Å². The number of H-pyrrole nitrogens is 1. The minimum absolute atomic E-state index is 0.711. The van der Waals surface area contributed by atoms with E-state index in [0.29, 0.717) is 11.4 Å². The van der Waals surface area contributed by atoms with E-state index >= 15 is 0 Å². The number of aliphatic imine (C=N–C) groups is 1. The number of ether oxygens (including phenoxy) is 1. The highest BCUT2D eigenvalue weighted by atomic mass is 32.1. The maximum Gasteiger partial charge on any atom is 0.130 e. The van der Waals surface area contributed by atoms with Crippen molar-refractivity contribution >= 4 is 23.1 Å². The number of hydrogen-bond donors (Lipinski definition) is 1. The van der Waals surface area contributed by atoms with Gasteiger partial charge in [-0.05, 0) is 37.3 Å². The van der Waals surface area contributed by atoms with Gasteiger partial charge in [0, 0.05) is 17.3 Å². The average Bonchev–Trinajstić information content (AvgIpc) is 2.76. The van der Waals surface area contributed by atoms with Gasteiger partial charge in [0.1, 0.15) is 5.75 Å². The number of nitrogens with zero attached hydrogens (tertiary/aromatic N) is 2. The number of aromatic amines is 1. The minimum Gasteiger partial charge on any atom is -0.496 e. The summed E-state index contributed by atoms with van der Waals surface area (Å²) in [7, 11) is 1.61. The molecule has 0 fully saturated rings. The molecule has 17 heavy (non-hydrogen) atoms. The predicted molar refractivity (Wildman–Crippen MR) is 70.0 cm³/mol. The first-order chi connectivity index (χ1) is 8.24. The fraction of sp³-hybridized carbons (Fsp3) is 0.167. The van der Waals surface area contributed by atoms with E-state index in [0.717, 1.165) is 17.0 Å². The van der Waals surface area contributed by atoms with Crippen LogP contribution in [-0.4, -0.2) is 22.5 Å². The van der Waals surface area contributed by atoms with Crippen LogP contribution in [0.25, 0.3) is 11.3 Å². The van der Waals surface area contributed by atoms with Crippen LogP contribution in [0.2, 0.25) is 0 Å². The van der Waals surface area contributed by atoms with Crippen LogP contribution in [0.3, 0.4) is 0 Å². The quantitative estimate of drug-likeness (QED) is 0.667. The van der Waals surface area contributed by atoms with Gasteiger partial charge in [-0.3, -0.25) is 5.10 Å². The first-order valence-corrected chi connectivity index (χ1v) is 5.43. The summed E-state index contributed by atoms with van der Waals surface area (Å²) in [6.45, 7) is 1.95. The van der Waals surface area contributed by atoms with Crippen LogP contribution < -0.4 is 4.74 Å². The van der Waals surface area contributed by atoms with Crippen molar-refractivity contribution in [3.05, 3.63) is 30.0 Å². The molecule has 0 radical (unpaired) electrons. The summed E-state index contributed by atoms with van der Waals surface area (Å²) < 4.78 is 5.32. The zero-order valence-electron chi connectivity index (χ0n) is 9.52. The van der Waals surface area contributed by atoms with Crippen molar-refractivity contribution in [2.45, 2.75) is 6.92 Å². The highest BCUT2D eigenvalue weighted by Gasteiger charge is 2.09. The standard InChI is InChI=1S/C12H11N3OS/c1-8-5-11(15-14-8)10-4-3-9(13-7-17)6-12(10)16-2/h3-6H,1-2H3,(H,14,15). The Hall–Kier alpha value is -1.97. The van der Waals surface area contributed by atoms with Crippen molar-refractivity contribution in [2.75, 3.05) is 7.11 Å². The Balaban J connectivity index is 2.51. The molecule has 1 aromatic carbocycles. The molecule has 1 aromatic heterocycles. The molecule has 0 aliphatic heterocycles. The third kappa shape index (κ3) is 2.41. The van der Waals surface area contributed by atoms with E-state index in [-0.39, 0.29) is 0 Å². The first-order valence-electron chi connectivity index (χ1n) is 5.03. The second-order valence-electron chi connectivity index (χ2n) is 3.52. The normalized spacial score (nSPS) is 9.76. The molecule has 0 spiro atoms. The van der Waals surface area contributed by atoms with Gasteiger partial charge in [0.15, 0.2) is 0 Å². The maximum absolute atomic E-state index is 5.32. The summed E-state index contributed by atoms with van der Waals surface area (Å²) in [6, 6.07) is 7.51. The van der Waals surface area contributed by atoms with E-state index in [2.05, 4.69) is 32.6 Å². The highest BCUT2D eigenvalue weighted by molar-refractivity contribution is 7.78. The molecule has 4 nitrogen and oxygen atoms in total. The fourth-order valence-electron chi connectivity index (χ4n) is 1.57. The van der Waals surface area contributed by atoms with Crippen LogP contribution in [0.1, 0.15) is 5.69 Å². The van der Waals surface area contributed by atoms with Crippen LogP contribution >= 0.6 is 12.2 Å². The number of thiocarbonyl (C=S) groups is 1. The molecule has 0 amide bonds. The highest BCUT2D eigenvalue weighted by Crippen LogP contribution is 2.32. The zero-order chi connectivity index (χ0) is 12.3. The van der Waals surface area contributed by atoms with E-state index in [1.165, 1.54) is 0 Å². The Bertz CT molecular complexity index is 585. The van der Waals surface area contributed by atoms with Gasteiger partial charge in [0.2, 0.25) is 0 Å². The van der Waals surface area contributed by atoms with Crippen molar-refractivity contribution in [1.82, 2.24) is 10.2 Å². The lowest BCUT2D eigenvalue weighted by molar-refractivity contribution is 0.416. The number of methoxy groups -OCH3 is 1. The molecule has 5 heteroatoms. The first kappa shape index (κ1) is 11.5. The molecular weight excluding hydrogens is 234 g/mol. The fourth-order valence-corrected chi connectivity index (χ4v) is 1.68. The van der Waals surface area contributed by atoms with Gasteiger partial charge in [0.05, 0.1) is 23.7 Å². The van der Waals surface area contributed by atoms with Gasteiger partial charge in [-0.2, -0.15) is 10.1 Å². The molecule has 86 valence electrons. The molecule has 0 saturated heterocycles. The van der Waals surface area contributed by atoms with Gasteiger partial charge in [-0.15, -0.1) is 0 Å². The van der Waals surface area contributed by atoms with E-state index in [4.69, 9.17) is 4.74 Å². The summed E-state index contributed by atoms with van der Waals surface area (Å²) in [6.07, 6.45) is 0. The number of aryl methyl sites for hydroxylation is 1. The molecule has 0 bridgehead atoms. The Morgan fingerprint density at radius 2 is 2.24 bits per heavy atom. The van der Waals surface area contributed by atoms with Crippen LogP contribution in [-0.2, 0) is 0 Å². The summed E-state index contributed by atoms with van der Waals surface area (Å²) in [5, 5.41) is 9.43. The molecule has 1 N–H and O–H groups in total. The number of rotatable bonds is 3. The minimum atomic E-state index is 0.711. The lowest BCUT2D eigenvalue weighted by Crippen LogP contribution is -1.87. The van der Waals surface area contributed by atoms with Gasteiger partial charge in [-0.1, -0.05) is 0 Å². The second kappa shape index (κ2) is 4.91. The monoisotopic (exact) mass is 245 g/mol. The Labute approximate surface area is 104 Å². The summed E-state index contributed by atoms with van der Waals surface area (Å²) in [5.74, 6) is 0.711. The second-order valence-corrected chi connectivity index (χ2v) is 3.71. The summed E-state index contributed by atoms with van der Waals surface area (Å²) >= 11 is 4.57. The van der Waals surface area contributed by atoms with E-state index in [9.17, 15) is 0 Å². The van der Waals surface area contributed by atoms with Crippen LogP contribution in [0, 0.1) is 6.92 Å². The molecule has 2 aromatic rings. The molecule has 0 aliphatic rings. The number of nitrogens with one attached hydrogen (secondary N) is 1. The van der Waals surface area contributed by atoms with Crippen LogP contribution in [0.15, 0.2) is 29.3 Å². The largest absolute Gasteiger partial charge is 0.496 e. The average molecular weight is 245 g/mol. The number of isothiocyanates is 1. The van der Waals surface area contributed by atoms with Crippen molar-refractivity contribution in [3.63, 3.8) is 0 Å². The number of aromatic nitrogens is 2. The van der Waals surface area contributed by atoms with Gasteiger partial charge < -0.3 is 4.74 Å². The Morgan fingerprint density at radius 1 is 1.41 bits per heavy atom. The lowest BCUT2D eigenvalue weighted by Gasteiger charge is -2.06. The van der Waals surface area contributed by atoms with Crippen molar-refractivity contribution in [2.24, 2.45) is 4.99 Å². The Kier molecular flexibility index (Phi) is 3.32. The van der Waals surface area contributed by atoms with Crippen molar-refractivity contribution in [1.29, 1.82) is 0 Å². The van der Waals surface area contributed by atoms with E-state index in [1.807, 2.05) is 25.1 Å². The molecule has 0 atom stereocenters.